The Kier molecular flexibility index (Phi) is 21.2. The molecular weight excluding hydrogens is 1330 g/mol. The molecule has 0 spiro atoms. The number of nitrogens with zero attached hydrogens (tertiary/aromatic N) is 3. The molecule has 0 amide bonds. The summed E-state index contributed by atoms with van der Waals surface area (Å²) in [5.41, 5.74) is 7.39. The first-order chi connectivity index (χ1) is 45.8. The fourth-order valence-electron chi connectivity index (χ4n) is 10.5. The molecule has 0 aliphatic carbocycles. The van der Waals surface area contributed by atoms with Crippen molar-refractivity contribution in [1.29, 1.82) is 0 Å². The summed E-state index contributed by atoms with van der Waals surface area (Å²) in [5.74, 6) is 7.39. The van der Waals surface area contributed by atoms with Gasteiger partial charge in [0.2, 0.25) is 5.78 Å². The highest BCUT2D eigenvalue weighted by molar-refractivity contribution is 8.02. The van der Waals surface area contributed by atoms with Gasteiger partial charge < -0.3 is 29.1 Å². The lowest BCUT2D eigenvalue weighted by Gasteiger charge is -2.14. The van der Waals surface area contributed by atoms with Gasteiger partial charge in [-0.1, -0.05) is 92.5 Å². The van der Waals surface area contributed by atoms with E-state index in [0.29, 0.717) is 101 Å². The van der Waals surface area contributed by atoms with E-state index in [1.165, 1.54) is 42.7 Å². The summed E-state index contributed by atoms with van der Waals surface area (Å²) in [5, 5.41) is 2.82. The first kappa shape index (κ1) is 69.0. The number of hydrogen-bond acceptors (Lipinski definition) is 9. The van der Waals surface area contributed by atoms with Gasteiger partial charge in [0.15, 0.2) is 17.4 Å². The SMILES string of the molecule is C=S(=O)(CCC)Nc1ccc(F)c(C(=O)c2c[nH]c3ncc(-c4ccc(Cl)cc4)cc23)c1.C=S(=O)(CCC)Nc1ccc(F)c(C(=O)c2c[nH]c3ncc(-c4cccc(Cl)c4)cc23)c1F.C=S(=O)(CCC)Nc1cccc(C(=O)c2c[nH]c3ncc(-c4ccc(F)cc4)cc23)c1. The van der Waals surface area contributed by atoms with Gasteiger partial charge in [-0.2, -0.15) is 0 Å². The van der Waals surface area contributed by atoms with Crippen LogP contribution in [-0.4, -0.2) is 94.8 Å². The highest BCUT2D eigenvalue weighted by Crippen LogP contribution is 2.33. The molecule has 6 heterocycles. The van der Waals surface area contributed by atoms with Crippen molar-refractivity contribution >= 4 is 137 Å². The number of H-pyrrole nitrogens is 3. The fraction of sp³-hybridized carbons (Fsp3) is 0.125. The average Bonchev–Trinajstić information content (AvgIpc) is 1.55. The number of pyridine rings is 3. The number of aromatic nitrogens is 6. The zero-order valence-electron chi connectivity index (χ0n) is 52.0. The number of benzene rings is 6. The van der Waals surface area contributed by atoms with Gasteiger partial charge in [0.25, 0.3) is 0 Å². The molecule has 15 nitrogen and oxygen atoms in total. The molecule has 12 aromatic rings. The third-order valence-electron chi connectivity index (χ3n) is 15.0. The summed E-state index contributed by atoms with van der Waals surface area (Å²) < 4.78 is 103. The van der Waals surface area contributed by atoms with Crippen LogP contribution >= 0.6 is 23.2 Å². The molecule has 3 unspecified atom stereocenters. The minimum Gasteiger partial charge on any atom is -0.345 e. The predicted octanol–water partition coefficient (Wildman–Crippen LogP) is 16.6. The molecular formula is C72H63Cl2F4N9O6S3. The van der Waals surface area contributed by atoms with Gasteiger partial charge in [-0.15, -0.1) is 0 Å². The minimum absolute atomic E-state index is 0.0558. The Morgan fingerprint density at radius 1 is 0.448 bits per heavy atom. The Bertz CT molecular complexity index is 5300. The maximum absolute atomic E-state index is 15.2. The number of anilines is 3. The van der Waals surface area contributed by atoms with Gasteiger partial charge in [0, 0.05) is 160 Å². The Hall–Kier alpha value is -9.84. The fourth-order valence-corrected chi connectivity index (χ4v) is 14.8. The summed E-state index contributed by atoms with van der Waals surface area (Å²) >= 11 is 12.0. The van der Waals surface area contributed by atoms with E-state index in [4.69, 9.17) is 23.2 Å². The summed E-state index contributed by atoms with van der Waals surface area (Å²) in [4.78, 5) is 61.7. The van der Waals surface area contributed by atoms with Crippen molar-refractivity contribution < 1.29 is 44.6 Å². The number of hydrogen-bond donors (Lipinski definition) is 6. The lowest BCUT2D eigenvalue weighted by Crippen LogP contribution is -2.18. The van der Waals surface area contributed by atoms with Crippen LogP contribution < -0.4 is 14.2 Å². The van der Waals surface area contributed by atoms with Crippen LogP contribution in [-0.2, 0) is 29.1 Å². The average molecular weight is 1390 g/mol. The monoisotopic (exact) mass is 1390 g/mol. The zero-order chi connectivity index (χ0) is 68.6. The molecule has 24 heteroatoms. The summed E-state index contributed by atoms with van der Waals surface area (Å²) in [6.45, 7) is 5.65. The van der Waals surface area contributed by atoms with Crippen molar-refractivity contribution in [2.75, 3.05) is 31.4 Å². The van der Waals surface area contributed by atoms with Crippen LogP contribution in [0.15, 0.2) is 183 Å². The maximum Gasteiger partial charge on any atom is 0.201 e. The number of rotatable bonds is 21. The number of carbonyl (C=O) groups is 3. The van der Waals surface area contributed by atoms with Gasteiger partial charge in [0.1, 0.15) is 34.4 Å². The van der Waals surface area contributed by atoms with Gasteiger partial charge in [-0.05, 0) is 151 Å². The van der Waals surface area contributed by atoms with Crippen molar-refractivity contribution in [3.05, 3.63) is 249 Å². The van der Waals surface area contributed by atoms with Crippen LogP contribution in [0.1, 0.15) is 87.8 Å². The Labute approximate surface area is 562 Å². The highest BCUT2D eigenvalue weighted by Gasteiger charge is 2.27. The molecule has 6 N–H and O–H groups in total. The second-order valence-corrected chi connectivity index (χ2v) is 30.0. The summed E-state index contributed by atoms with van der Waals surface area (Å²) in [6.07, 6.45) is 11.5. The Morgan fingerprint density at radius 2 is 0.906 bits per heavy atom. The minimum atomic E-state index is -2.84. The van der Waals surface area contributed by atoms with Crippen molar-refractivity contribution in [1.82, 2.24) is 29.9 Å². The van der Waals surface area contributed by atoms with E-state index < -0.39 is 63.7 Å². The van der Waals surface area contributed by atoms with Crippen molar-refractivity contribution in [3.63, 3.8) is 0 Å². The number of halogens is 6. The van der Waals surface area contributed by atoms with Gasteiger partial charge in [0.05, 0.1) is 16.8 Å². The second kappa shape index (κ2) is 29.4. The first-order valence-electron chi connectivity index (χ1n) is 29.9. The maximum atomic E-state index is 15.2. The van der Waals surface area contributed by atoms with Crippen molar-refractivity contribution in [3.8, 4) is 33.4 Å². The molecule has 0 aliphatic rings. The number of carbonyl (C=O) groups excluding carboxylic acids is 3. The van der Waals surface area contributed by atoms with Gasteiger partial charge >= 0.3 is 0 Å². The smallest absolute Gasteiger partial charge is 0.201 e. The van der Waals surface area contributed by atoms with Crippen molar-refractivity contribution in [2.24, 2.45) is 0 Å². The molecule has 6 aromatic heterocycles. The third-order valence-corrected chi connectivity index (χ3v) is 20.5. The van der Waals surface area contributed by atoms with E-state index in [1.54, 1.807) is 97.6 Å². The number of nitrogens with one attached hydrogen (secondary N) is 6. The standard InChI is InChI=1S/C24H20ClF2N3O2S.C24H21ClFN3O2S.C24H22FN3O2S/c1-3-9-33(2,32)30-20-8-7-19(26)21(22(20)27)23(31)18-13-29-24-17(18)11-15(12-28-24)14-5-4-6-16(25)10-14;1-3-10-32(2,31)29-18-8-9-22(26)20(12-18)23(30)21-14-28-24-19(21)11-16(13-27-24)15-4-6-17(25)7-5-15;1-3-11-31(2,30)28-20-6-4-5-17(12-20)23(29)22-15-27-24-21(22)13-18(14-26-24)16-7-9-19(25)10-8-16/h4-8,10-13H,2-3,9H2,1H3,(H,28,29)(H,30,32);4-9,11-14H,2-3,10H2,1H3,(H,27,28)(H,29,31);4-10,12-15H,2-3,11H2,1H3,(H,26,27)(H,28,30). The Balaban J connectivity index is 0.000000157. The van der Waals surface area contributed by atoms with E-state index >= 15 is 4.39 Å². The number of aromatic amines is 3. The van der Waals surface area contributed by atoms with Crippen molar-refractivity contribution in [2.45, 2.75) is 40.0 Å². The van der Waals surface area contributed by atoms with Crippen LogP contribution in [0.5, 0.6) is 0 Å². The van der Waals surface area contributed by atoms with E-state index in [2.05, 4.69) is 61.7 Å². The molecule has 0 bridgehead atoms. The predicted molar refractivity (Wildman–Crippen MR) is 386 cm³/mol. The summed E-state index contributed by atoms with van der Waals surface area (Å²) in [6, 6.07) is 38.9. The van der Waals surface area contributed by atoms with Crippen LogP contribution in [0.25, 0.3) is 66.5 Å². The molecule has 0 saturated heterocycles. The largest absolute Gasteiger partial charge is 0.345 e. The first-order valence-corrected chi connectivity index (χ1v) is 36.4. The van der Waals surface area contributed by atoms with E-state index in [-0.39, 0.29) is 34.2 Å². The topological polar surface area (TPSA) is 225 Å². The summed E-state index contributed by atoms with van der Waals surface area (Å²) in [7, 11) is -7.88. The second-order valence-electron chi connectivity index (χ2n) is 22.4. The van der Waals surface area contributed by atoms with Gasteiger partial charge in [-0.3, -0.25) is 14.4 Å². The molecule has 3 atom stereocenters. The van der Waals surface area contributed by atoms with E-state index in [9.17, 15) is 40.2 Å². The van der Waals surface area contributed by atoms with Gasteiger partial charge in [-0.25, -0.2) is 45.1 Å². The molecule has 0 fully saturated rings. The molecule has 0 aliphatic heterocycles. The lowest BCUT2D eigenvalue weighted by atomic mass is 10.00. The molecule has 0 radical (unpaired) electrons. The number of ketones is 3. The molecule has 12 rings (SSSR count). The number of fused-ring (bicyclic) bond motifs is 3. The normalized spacial score (nSPS) is 13.1. The van der Waals surface area contributed by atoms with E-state index in [0.717, 1.165) is 46.4 Å². The molecule has 6 aromatic carbocycles. The molecule has 96 heavy (non-hydrogen) atoms. The third kappa shape index (κ3) is 16.3. The van der Waals surface area contributed by atoms with Crippen LogP contribution in [0.3, 0.4) is 0 Å². The zero-order valence-corrected chi connectivity index (χ0v) is 55.9. The van der Waals surface area contributed by atoms with E-state index in [1.807, 2.05) is 51.1 Å². The van der Waals surface area contributed by atoms with Crippen LogP contribution in [0.2, 0.25) is 10.0 Å². The quantitative estimate of drug-likeness (QED) is 0.0228. The molecule has 0 saturated carbocycles. The lowest BCUT2D eigenvalue weighted by molar-refractivity contribution is 0.102. The van der Waals surface area contributed by atoms with Crippen LogP contribution in [0.4, 0.5) is 34.6 Å². The highest BCUT2D eigenvalue weighted by atomic mass is 35.5. The Morgan fingerprint density at radius 3 is 1.43 bits per heavy atom. The molecule has 492 valence electrons. The van der Waals surface area contributed by atoms with Crippen LogP contribution in [0, 0.1) is 23.3 Å².